The summed E-state index contributed by atoms with van der Waals surface area (Å²) in [5.41, 5.74) is 1.51. The van der Waals surface area contributed by atoms with Crippen LogP contribution in [0.2, 0.25) is 0 Å². The third-order valence-corrected chi connectivity index (χ3v) is 6.42. The number of rotatable bonds is 6. The SMILES string of the molecule is Cc1cc2c(c(OC(CF)CF)c1F)C(=O)N1C[C@@H](Oc3cc4c(cn3)CCC(=O)N4)C[C@@H]1CO2. The Balaban J connectivity index is 1.38. The van der Waals surface area contributed by atoms with Crippen molar-refractivity contribution in [3.05, 3.63) is 40.8 Å². The van der Waals surface area contributed by atoms with Crippen LogP contribution in [0, 0.1) is 12.7 Å². The number of hydrogen-bond donors (Lipinski definition) is 1. The van der Waals surface area contributed by atoms with Crippen LogP contribution in [-0.4, -0.2) is 66.4 Å². The lowest BCUT2D eigenvalue weighted by Gasteiger charge is -2.22. The van der Waals surface area contributed by atoms with E-state index in [-0.39, 0.29) is 42.0 Å². The standard InChI is InChI=1S/C24H24F3N3O5/c1-12-4-18-21(23(22(12)27)35-16(7-25)8-26)24(32)30-10-15(5-14(30)11-33-18)34-20-6-17-13(9-28-20)2-3-19(31)29-17/h4,6,9,14-16H,2-3,5,7-8,10-11H2,1H3,(H,29,31)/t14-,15+/m1/s1. The number of nitrogens with zero attached hydrogens (tertiary/aromatic N) is 2. The fraction of sp³-hybridized carbons (Fsp3) is 0.458. The molecule has 3 aliphatic heterocycles. The topological polar surface area (TPSA) is 90.0 Å². The number of nitrogens with one attached hydrogen (secondary N) is 1. The van der Waals surface area contributed by atoms with E-state index in [0.717, 1.165) is 5.56 Å². The number of carbonyl (C=O) groups excluding carboxylic acids is 2. The first kappa shape index (κ1) is 23.3. The van der Waals surface area contributed by atoms with E-state index in [1.165, 1.54) is 17.9 Å². The normalized spacial score (nSPS) is 21.0. The van der Waals surface area contributed by atoms with Crippen molar-refractivity contribution in [2.75, 3.05) is 31.8 Å². The summed E-state index contributed by atoms with van der Waals surface area (Å²) in [4.78, 5) is 31.0. The number of ether oxygens (including phenoxy) is 3. The highest BCUT2D eigenvalue weighted by Crippen LogP contribution is 2.40. The van der Waals surface area contributed by atoms with E-state index in [0.29, 0.717) is 30.8 Å². The highest BCUT2D eigenvalue weighted by Gasteiger charge is 2.42. The van der Waals surface area contributed by atoms with E-state index in [1.54, 1.807) is 12.3 Å². The number of fused-ring (bicyclic) bond motifs is 3. The summed E-state index contributed by atoms with van der Waals surface area (Å²) in [6.07, 6.45) is 1.13. The molecule has 0 radical (unpaired) electrons. The molecule has 0 saturated carbocycles. The quantitative estimate of drug-likeness (QED) is 0.668. The third-order valence-electron chi connectivity index (χ3n) is 6.42. The van der Waals surface area contributed by atoms with Gasteiger partial charge in [0.05, 0.1) is 18.3 Å². The van der Waals surface area contributed by atoms with Gasteiger partial charge >= 0.3 is 0 Å². The third kappa shape index (κ3) is 4.35. The minimum absolute atomic E-state index is 0.0754. The Morgan fingerprint density at radius 1 is 1.26 bits per heavy atom. The maximum absolute atomic E-state index is 14.9. The second kappa shape index (κ2) is 9.27. The van der Waals surface area contributed by atoms with E-state index in [4.69, 9.17) is 14.2 Å². The number of carbonyl (C=O) groups is 2. The van der Waals surface area contributed by atoms with Gasteiger partial charge in [-0.15, -0.1) is 0 Å². The number of halogens is 3. The van der Waals surface area contributed by atoms with E-state index in [1.807, 2.05) is 0 Å². The molecular weight excluding hydrogens is 467 g/mol. The van der Waals surface area contributed by atoms with Gasteiger partial charge in [0.25, 0.3) is 5.91 Å². The largest absolute Gasteiger partial charge is 0.490 e. The molecule has 0 aliphatic carbocycles. The van der Waals surface area contributed by atoms with Crippen LogP contribution in [-0.2, 0) is 11.2 Å². The summed E-state index contributed by atoms with van der Waals surface area (Å²) in [5.74, 6) is -1.60. The molecule has 1 saturated heterocycles. The van der Waals surface area contributed by atoms with Crippen LogP contribution in [0.25, 0.3) is 0 Å². The van der Waals surface area contributed by atoms with Crippen LogP contribution < -0.4 is 19.5 Å². The van der Waals surface area contributed by atoms with E-state index in [9.17, 15) is 22.8 Å². The molecule has 8 nitrogen and oxygen atoms in total. The summed E-state index contributed by atoms with van der Waals surface area (Å²) in [7, 11) is 0. The van der Waals surface area contributed by atoms with Gasteiger partial charge in [-0.1, -0.05) is 0 Å². The first-order valence-electron chi connectivity index (χ1n) is 11.4. The molecule has 2 amide bonds. The van der Waals surface area contributed by atoms with Crippen molar-refractivity contribution >= 4 is 17.5 Å². The lowest BCUT2D eigenvalue weighted by Crippen LogP contribution is -2.37. The van der Waals surface area contributed by atoms with Crippen LogP contribution in [0.3, 0.4) is 0 Å². The summed E-state index contributed by atoms with van der Waals surface area (Å²) < 4.78 is 58.3. The lowest BCUT2D eigenvalue weighted by atomic mass is 10.1. The molecule has 1 N–H and O–H groups in total. The van der Waals surface area contributed by atoms with Crippen LogP contribution >= 0.6 is 0 Å². The monoisotopic (exact) mass is 491 g/mol. The molecule has 4 heterocycles. The fourth-order valence-electron chi connectivity index (χ4n) is 4.60. The van der Waals surface area contributed by atoms with Gasteiger partial charge in [-0.2, -0.15) is 0 Å². The lowest BCUT2D eigenvalue weighted by molar-refractivity contribution is -0.116. The van der Waals surface area contributed by atoms with Crippen LogP contribution in [0.4, 0.5) is 18.9 Å². The Labute approximate surface area is 199 Å². The zero-order valence-electron chi connectivity index (χ0n) is 19.0. The molecule has 0 spiro atoms. The van der Waals surface area contributed by atoms with Crippen molar-refractivity contribution in [1.82, 2.24) is 9.88 Å². The molecule has 3 aliphatic rings. The Morgan fingerprint density at radius 3 is 2.83 bits per heavy atom. The Hall–Kier alpha value is -3.50. The molecule has 1 fully saturated rings. The maximum atomic E-state index is 14.9. The van der Waals surface area contributed by atoms with Gasteiger partial charge in [0.1, 0.15) is 37.4 Å². The number of amides is 2. The number of benzene rings is 1. The predicted molar refractivity (Wildman–Crippen MR) is 118 cm³/mol. The van der Waals surface area contributed by atoms with Gasteiger partial charge in [-0.05, 0) is 30.5 Å². The zero-order chi connectivity index (χ0) is 24.7. The minimum atomic E-state index is -1.53. The van der Waals surface area contributed by atoms with Crippen LogP contribution in [0.5, 0.6) is 17.4 Å². The first-order valence-corrected chi connectivity index (χ1v) is 11.4. The molecule has 5 rings (SSSR count). The number of aryl methyl sites for hydroxylation is 2. The van der Waals surface area contributed by atoms with Gasteiger partial charge < -0.3 is 24.4 Å². The smallest absolute Gasteiger partial charge is 0.262 e. The van der Waals surface area contributed by atoms with Gasteiger partial charge in [0.15, 0.2) is 17.7 Å². The highest BCUT2D eigenvalue weighted by atomic mass is 19.1. The first-order chi connectivity index (χ1) is 16.9. The van der Waals surface area contributed by atoms with E-state index in [2.05, 4.69) is 10.3 Å². The Bertz CT molecular complexity index is 1170. The molecule has 0 bridgehead atoms. The molecule has 2 aromatic rings. The van der Waals surface area contributed by atoms with Gasteiger partial charge in [-0.25, -0.2) is 18.2 Å². The molecule has 1 aromatic heterocycles. The number of alkyl halides is 2. The number of pyridine rings is 1. The Kier molecular flexibility index (Phi) is 6.16. The van der Waals surface area contributed by atoms with E-state index >= 15 is 0 Å². The molecule has 186 valence electrons. The van der Waals surface area contributed by atoms with Crippen LogP contribution in [0.1, 0.15) is 34.3 Å². The average molecular weight is 491 g/mol. The van der Waals surface area contributed by atoms with Crippen molar-refractivity contribution in [1.29, 1.82) is 0 Å². The summed E-state index contributed by atoms with van der Waals surface area (Å²) >= 11 is 0. The predicted octanol–water partition coefficient (Wildman–Crippen LogP) is 3.15. The Morgan fingerprint density at radius 2 is 2.06 bits per heavy atom. The zero-order valence-corrected chi connectivity index (χ0v) is 19.0. The van der Waals surface area contributed by atoms with Crippen molar-refractivity contribution < 1.29 is 37.0 Å². The summed E-state index contributed by atoms with van der Waals surface area (Å²) in [6.45, 7) is -0.594. The summed E-state index contributed by atoms with van der Waals surface area (Å²) in [6, 6.07) is 2.67. The number of hydrogen-bond acceptors (Lipinski definition) is 6. The van der Waals surface area contributed by atoms with Crippen molar-refractivity contribution in [3.63, 3.8) is 0 Å². The van der Waals surface area contributed by atoms with Gasteiger partial charge in [-0.3, -0.25) is 9.59 Å². The second-order valence-corrected chi connectivity index (χ2v) is 8.88. The molecule has 1 aromatic carbocycles. The van der Waals surface area contributed by atoms with Crippen molar-refractivity contribution in [2.24, 2.45) is 0 Å². The van der Waals surface area contributed by atoms with Crippen LogP contribution in [0.15, 0.2) is 18.3 Å². The van der Waals surface area contributed by atoms with Gasteiger partial charge in [0, 0.05) is 25.1 Å². The molecule has 11 heteroatoms. The maximum Gasteiger partial charge on any atom is 0.262 e. The second-order valence-electron chi connectivity index (χ2n) is 8.88. The molecule has 0 unspecified atom stereocenters. The number of aromatic nitrogens is 1. The average Bonchev–Trinajstić information content (AvgIpc) is 3.20. The minimum Gasteiger partial charge on any atom is -0.490 e. The molecule has 2 atom stereocenters. The molecule has 35 heavy (non-hydrogen) atoms. The number of anilines is 1. The summed E-state index contributed by atoms with van der Waals surface area (Å²) in [5, 5.41) is 2.80. The fourth-order valence-corrected chi connectivity index (χ4v) is 4.60. The highest BCUT2D eigenvalue weighted by molar-refractivity contribution is 6.00. The van der Waals surface area contributed by atoms with E-state index < -0.39 is 43.0 Å². The van der Waals surface area contributed by atoms with Gasteiger partial charge in [0.2, 0.25) is 11.8 Å². The van der Waals surface area contributed by atoms with Crippen molar-refractivity contribution in [3.8, 4) is 17.4 Å². The molecular formula is C24H24F3N3O5. The van der Waals surface area contributed by atoms with Crippen molar-refractivity contribution in [2.45, 2.75) is 44.4 Å².